The first kappa shape index (κ1) is 24.7. The van der Waals surface area contributed by atoms with Crippen molar-refractivity contribution in [2.75, 3.05) is 7.11 Å². The van der Waals surface area contributed by atoms with Crippen LogP contribution in [0.5, 0.6) is 11.5 Å². The molecule has 10 heteroatoms. The second kappa shape index (κ2) is 9.31. The van der Waals surface area contributed by atoms with Gasteiger partial charge in [0, 0.05) is 24.9 Å². The zero-order valence-corrected chi connectivity index (χ0v) is 19.6. The normalized spacial score (nSPS) is 24.5. The van der Waals surface area contributed by atoms with Crippen LogP contribution in [-0.4, -0.2) is 62.7 Å². The second-order valence-corrected chi connectivity index (χ2v) is 8.81. The van der Waals surface area contributed by atoms with Gasteiger partial charge in [0.1, 0.15) is 46.7 Å². The maximum absolute atomic E-state index is 12.7. The number of aliphatic hydroxyl groups excluding tert-OH is 3. The van der Waals surface area contributed by atoms with E-state index in [-0.39, 0.29) is 16.7 Å². The number of ether oxygens (including phenoxy) is 3. The van der Waals surface area contributed by atoms with Gasteiger partial charge in [-0.1, -0.05) is 6.07 Å². The van der Waals surface area contributed by atoms with Crippen molar-refractivity contribution in [3.05, 3.63) is 63.8 Å². The topological polar surface area (TPSA) is 152 Å². The maximum atomic E-state index is 12.7. The van der Waals surface area contributed by atoms with E-state index >= 15 is 0 Å². The molecular weight excluding hydrogens is 458 g/mol. The molecule has 0 saturated carbocycles. The number of aryl methyl sites for hydroxylation is 1. The van der Waals surface area contributed by atoms with E-state index in [1.165, 1.54) is 31.5 Å². The Morgan fingerprint density at radius 3 is 2.57 bits per heavy atom. The zero-order valence-electron chi connectivity index (χ0n) is 19.6. The SMILES string of the molecule is CO[C@@H]1[C@@H](O)[C@@H](O)[C@H](Oc2ccc3c(O)c(C(O)=Cc4ccccn4)c(=O)oc3c2C)OC1(C)C. The van der Waals surface area contributed by atoms with Gasteiger partial charge in [0.2, 0.25) is 6.29 Å². The number of aromatic hydroxyl groups is 1. The standard InChI is InChI=1S/C25H27NO9/c1-12-16(33-24-20(30)19(29)22(32-4)25(2,3)35-24)9-8-14-18(28)17(23(31)34-21(12)14)15(27)11-13-7-5-6-10-26-13/h5-11,19-20,22,24,27-30H,1-4H3/t19-,20+,22+,24+/m0/s1. The molecule has 35 heavy (non-hydrogen) atoms. The summed E-state index contributed by atoms with van der Waals surface area (Å²) in [4.78, 5) is 16.7. The molecule has 0 radical (unpaired) electrons. The molecule has 3 aromatic rings. The summed E-state index contributed by atoms with van der Waals surface area (Å²) in [7, 11) is 1.41. The fourth-order valence-corrected chi connectivity index (χ4v) is 4.22. The molecule has 1 fully saturated rings. The Morgan fingerprint density at radius 1 is 1.17 bits per heavy atom. The number of aromatic nitrogens is 1. The van der Waals surface area contributed by atoms with Crippen LogP contribution in [-0.2, 0) is 9.47 Å². The lowest BCUT2D eigenvalue weighted by Crippen LogP contribution is -2.63. The van der Waals surface area contributed by atoms with Crippen LogP contribution >= 0.6 is 0 Å². The van der Waals surface area contributed by atoms with Gasteiger partial charge in [0.05, 0.1) is 16.7 Å². The minimum absolute atomic E-state index is 0.0271. The Morgan fingerprint density at radius 2 is 1.91 bits per heavy atom. The van der Waals surface area contributed by atoms with E-state index in [1.807, 2.05) is 0 Å². The van der Waals surface area contributed by atoms with Crippen molar-refractivity contribution >= 4 is 22.8 Å². The van der Waals surface area contributed by atoms with Gasteiger partial charge in [-0.05, 0) is 45.0 Å². The smallest absolute Gasteiger partial charge is 0.351 e. The van der Waals surface area contributed by atoms with E-state index < -0.39 is 52.9 Å². The molecule has 186 valence electrons. The Hall–Kier alpha value is -3.44. The summed E-state index contributed by atoms with van der Waals surface area (Å²) < 4.78 is 22.4. The first-order valence-corrected chi connectivity index (χ1v) is 10.9. The summed E-state index contributed by atoms with van der Waals surface area (Å²) in [6.45, 7) is 4.99. The third-order valence-corrected chi connectivity index (χ3v) is 6.02. The first-order chi connectivity index (χ1) is 16.5. The van der Waals surface area contributed by atoms with E-state index in [0.717, 1.165) is 0 Å². The Labute approximate surface area is 200 Å². The van der Waals surface area contributed by atoms with Crippen LogP contribution in [0.4, 0.5) is 0 Å². The average molecular weight is 485 g/mol. The molecule has 4 N–H and O–H groups in total. The fraction of sp³-hybridized carbons (Fsp3) is 0.360. The Balaban J connectivity index is 1.71. The van der Waals surface area contributed by atoms with Gasteiger partial charge in [0.15, 0.2) is 0 Å². The number of benzene rings is 1. The highest BCUT2D eigenvalue weighted by molar-refractivity contribution is 5.92. The van der Waals surface area contributed by atoms with Gasteiger partial charge in [-0.25, -0.2) is 4.79 Å². The van der Waals surface area contributed by atoms with Crippen molar-refractivity contribution in [2.24, 2.45) is 0 Å². The zero-order chi connectivity index (χ0) is 25.5. The van der Waals surface area contributed by atoms with Crippen LogP contribution in [0.25, 0.3) is 22.8 Å². The van der Waals surface area contributed by atoms with E-state index in [0.29, 0.717) is 11.3 Å². The van der Waals surface area contributed by atoms with Gasteiger partial charge in [0.25, 0.3) is 0 Å². The molecule has 1 aliphatic rings. The number of hydrogen-bond acceptors (Lipinski definition) is 10. The molecule has 0 aliphatic carbocycles. The number of methoxy groups -OCH3 is 1. The van der Waals surface area contributed by atoms with Crippen LogP contribution in [0, 0.1) is 6.92 Å². The molecule has 1 aromatic carbocycles. The van der Waals surface area contributed by atoms with Gasteiger partial charge < -0.3 is 39.1 Å². The number of fused-ring (bicyclic) bond motifs is 1. The highest BCUT2D eigenvalue weighted by Crippen LogP contribution is 2.37. The molecular formula is C25H27NO9. The van der Waals surface area contributed by atoms with Crippen LogP contribution in [0.2, 0.25) is 0 Å². The van der Waals surface area contributed by atoms with E-state index in [9.17, 15) is 25.2 Å². The highest BCUT2D eigenvalue weighted by Gasteiger charge is 2.50. The third kappa shape index (κ3) is 4.48. The summed E-state index contributed by atoms with van der Waals surface area (Å²) in [6.07, 6.45) is -1.95. The maximum Gasteiger partial charge on any atom is 0.351 e. The molecule has 0 amide bonds. The molecule has 1 aliphatic heterocycles. The summed E-state index contributed by atoms with van der Waals surface area (Å²) in [6, 6.07) is 7.98. The van der Waals surface area contributed by atoms with Gasteiger partial charge in [-0.15, -0.1) is 0 Å². The van der Waals surface area contributed by atoms with Crippen LogP contribution in [0.3, 0.4) is 0 Å². The number of pyridine rings is 1. The fourth-order valence-electron chi connectivity index (χ4n) is 4.22. The number of nitrogens with zero attached hydrogens (tertiary/aromatic N) is 1. The molecule has 0 spiro atoms. The lowest BCUT2D eigenvalue weighted by Gasteiger charge is -2.46. The van der Waals surface area contributed by atoms with Gasteiger partial charge in [-0.3, -0.25) is 4.98 Å². The number of rotatable bonds is 5. The minimum atomic E-state index is -1.42. The van der Waals surface area contributed by atoms with E-state index in [2.05, 4.69) is 4.98 Å². The van der Waals surface area contributed by atoms with Crippen molar-refractivity contribution < 1.29 is 39.1 Å². The molecule has 0 unspecified atom stereocenters. The quantitative estimate of drug-likeness (QED) is 0.313. The van der Waals surface area contributed by atoms with Crippen molar-refractivity contribution in [3.8, 4) is 11.5 Å². The Bertz CT molecular complexity index is 1320. The minimum Gasteiger partial charge on any atom is -0.507 e. The molecule has 2 aromatic heterocycles. The van der Waals surface area contributed by atoms with Crippen molar-refractivity contribution in [3.63, 3.8) is 0 Å². The highest BCUT2D eigenvalue weighted by atomic mass is 16.7. The summed E-state index contributed by atoms with van der Waals surface area (Å²) in [5.74, 6) is -0.773. The lowest BCUT2D eigenvalue weighted by molar-refractivity contribution is -0.306. The summed E-state index contributed by atoms with van der Waals surface area (Å²) in [5.41, 5.74) is -1.59. The number of hydrogen-bond donors (Lipinski definition) is 4. The van der Waals surface area contributed by atoms with Gasteiger partial charge in [-0.2, -0.15) is 0 Å². The summed E-state index contributed by atoms with van der Waals surface area (Å²) in [5, 5.41) is 42.4. The Kier molecular flexibility index (Phi) is 6.56. The molecule has 4 rings (SSSR count). The van der Waals surface area contributed by atoms with Crippen molar-refractivity contribution in [1.29, 1.82) is 0 Å². The van der Waals surface area contributed by atoms with E-state index in [1.54, 1.807) is 39.0 Å². The molecule has 3 heterocycles. The van der Waals surface area contributed by atoms with E-state index in [4.69, 9.17) is 18.6 Å². The number of aliphatic hydroxyl groups is 3. The van der Waals surface area contributed by atoms with Crippen LogP contribution < -0.4 is 10.4 Å². The lowest BCUT2D eigenvalue weighted by atomic mass is 9.89. The van der Waals surface area contributed by atoms with Crippen LogP contribution in [0.15, 0.2) is 45.7 Å². The summed E-state index contributed by atoms with van der Waals surface area (Å²) >= 11 is 0. The first-order valence-electron chi connectivity index (χ1n) is 10.9. The van der Waals surface area contributed by atoms with Crippen molar-refractivity contribution in [2.45, 2.75) is 51.0 Å². The van der Waals surface area contributed by atoms with Gasteiger partial charge >= 0.3 is 5.63 Å². The largest absolute Gasteiger partial charge is 0.507 e. The van der Waals surface area contributed by atoms with Crippen LogP contribution in [0.1, 0.15) is 30.7 Å². The molecule has 1 saturated heterocycles. The molecule has 4 atom stereocenters. The predicted octanol–water partition coefficient (Wildman–Crippen LogP) is 2.51. The predicted molar refractivity (Wildman–Crippen MR) is 126 cm³/mol. The van der Waals surface area contributed by atoms with Crippen molar-refractivity contribution in [1.82, 2.24) is 4.98 Å². The second-order valence-electron chi connectivity index (χ2n) is 8.81. The third-order valence-electron chi connectivity index (χ3n) is 6.02. The molecule has 0 bridgehead atoms. The average Bonchev–Trinajstić information content (AvgIpc) is 2.80. The monoisotopic (exact) mass is 485 g/mol. The molecule has 10 nitrogen and oxygen atoms in total.